The summed E-state index contributed by atoms with van der Waals surface area (Å²) in [7, 11) is 0. The van der Waals surface area contributed by atoms with Gasteiger partial charge in [-0.3, -0.25) is 0 Å². The zero-order valence-electron chi connectivity index (χ0n) is 8.81. The van der Waals surface area contributed by atoms with Crippen LogP contribution < -0.4 is 0 Å². The van der Waals surface area contributed by atoms with Crippen LogP contribution in [0.3, 0.4) is 0 Å². The van der Waals surface area contributed by atoms with E-state index in [1.807, 2.05) is 12.1 Å². The highest BCUT2D eigenvalue weighted by atomic mass is 35.5. The van der Waals surface area contributed by atoms with Crippen LogP contribution in [0.2, 0.25) is 5.15 Å². The van der Waals surface area contributed by atoms with E-state index in [0.717, 1.165) is 11.1 Å². The van der Waals surface area contributed by atoms with Gasteiger partial charge in [0.2, 0.25) is 0 Å². The molecule has 0 N–H and O–H groups in total. The molecule has 2 aromatic rings. The molecule has 86 valence electrons. The number of aromatic nitrogens is 1. The van der Waals surface area contributed by atoms with Crippen molar-refractivity contribution in [1.29, 1.82) is 0 Å². The van der Waals surface area contributed by atoms with Crippen LogP contribution in [0.1, 0.15) is 23.3 Å². The van der Waals surface area contributed by atoms with Crippen molar-refractivity contribution in [3.63, 3.8) is 0 Å². The fourth-order valence-corrected chi connectivity index (χ4v) is 2.09. The lowest BCUT2D eigenvalue weighted by molar-refractivity contribution is 0.377. The van der Waals surface area contributed by atoms with Crippen molar-refractivity contribution in [2.45, 2.75) is 12.2 Å². The van der Waals surface area contributed by atoms with Gasteiger partial charge < -0.3 is 4.74 Å². The molecule has 4 heteroatoms. The van der Waals surface area contributed by atoms with Gasteiger partial charge in [0, 0.05) is 11.8 Å². The predicted octanol–water partition coefficient (Wildman–Crippen LogP) is 3.69. The Labute approximate surface area is 103 Å². The summed E-state index contributed by atoms with van der Waals surface area (Å²) in [5, 5.41) is 0.460. The third kappa shape index (κ3) is 2.04. The van der Waals surface area contributed by atoms with Crippen molar-refractivity contribution in [2.24, 2.45) is 0 Å². The van der Waals surface area contributed by atoms with E-state index < -0.39 is 0 Å². The summed E-state index contributed by atoms with van der Waals surface area (Å²) in [6.45, 7) is 0. The largest absolute Gasteiger partial charge is 0.359 e. The molecule has 1 aliphatic heterocycles. The van der Waals surface area contributed by atoms with E-state index in [2.05, 4.69) is 4.98 Å². The van der Waals surface area contributed by atoms with E-state index in [1.54, 1.807) is 18.3 Å². The van der Waals surface area contributed by atoms with Gasteiger partial charge >= 0.3 is 0 Å². The standard InChI is InChI=1S/C13H9ClFNO/c14-13-10(2-1-7-16-13)12-11(17-12)8-3-5-9(15)6-4-8/h1-7,11-12H. The first-order chi connectivity index (χ1) is 8.25. The summed E-state index contributed by atoms with van der Waals surface area (Å²) in [6.07, 6.45) is 1.53. The lowest BCUT2D eigenvalue weighted by Crippen LogP contribution is -1.88. The summed E-state index contributed by atoms with van der Waals surface area (Å²) in [5.41, 5.74) is 1.83. The Balaban J connectivity index is 1.83. The number of hydrogen-bond acceptors (Lipinski definition) is 2. The van der Waals surface area contributed by atoms with Crippen molar-refractivity contribution in [3.8, 4) is 0 Å². The van der Waals surface area contributed by atoms with E-state index >= 15 is 0 Å². The van der Waals surface area contributed by atoms with Gasteiger partial charge in [0.15, 0.2) is 0 Å². The van der Waals surface area contributed by atoms with Gasteiger partial charge in [0.25, 0.3) is 0 Å². The maximum absolute atomic E-state index is 12.8. The number of pyridine rings is 1. The van der Waals surface area contributed by atoms with Crippen LogP contribution in [0.15, 0.2) is 42.6 Å². The average molecular weight is 250 g/mol. The fourth-order valence-electron chi connectivity index (χ4n) is 1.87. The lowest BCUT2D eigenvalue weighted by Gasteiger charge is -1.98. The molecule has 17 heavy (non-hydrogen) atoms. The highest BCUT2D eigenvalue weighted by Crippen LogP contribution is 2.52. The Morgan fingerprint density at radius 2 is 1.88 bits per heavy atom. The third-order valence-electron chi connectivity index (χ3n) is 2.78. The molecule has 0 radical (unpaired) electrons. The zero-order chi connectivity index (χ0) is 11.8. The molecular formula is C13H9ClFNO. The molecule has 2 heterocycles. The number of nitrogens with zero attached hydrogens (tertiary/aromatic N) is 1. The van der Waals surface area contributed by atoms with Gasteiger partial charge in [-0.1, -0.05) is 29.8 Å². The van der Waals surface area contributed by atoms with Crippen molar-refractivity contribution in [3.05, 3.63) is 64.7 Å². The molecule has 0 aliphatic carbocycles. The number of benzene rings is 1. The molecule has 0 bridgehead atoms. The smallest absolute Gasteiger partial charge is 0.134 e. The van der Waals surface area contributed by atoms with E-state index in [9.17, 15) is 4.39 Å². The summed E-state index contributed by atoms with van der Waals surface area (Å²) >= 11 is 5.99. The van der Waals surface area contributed by atoms with Crippen LogP contribution in [0.4, 0.5) is 4.39 Å². The lowest BCUT2D eigenvalue weighted by atomic mass is 10.1. The van der Waals surface area contributed by atoms with Crippen molar-refractivity contribution >= 4 is 11.6 Å². The van der Waals surface area contributed by atoms with Crippen LogP contribution in [0.5, 0.6) is 0 Å². The molecule has 0 spiro atoms. The molecule has 0 saturated carbocycles. The zero-order valence-corrected chi connectivity index (χ0v) is 9.56. The topological polar surface area (TPSA) is 25.4 Å². The molecule has 0 amide bonds. The molecule has 1 fully saturated rings. The Morgan fingerprint density at radius 3 is 2.59 bits per heavy atom. The van der Waals surface area contributed by atoms with E-state index in [1.165, 1.54) is 12.1 Å². The molecule has 1 aromatic carbocycles. The monoisotopic (exact) mass is 249 g/mol. The van der Waals surface area contributed by atoms with E-state index in [-0.39, 0.29) is 18.0 Å². The number of ether oxygens (including phenoxy) is 1. The van der Waals surface area contributed by atoms with Crippen LogP contribution in [-0.2, 0) is 4.74 Å². The molecule has 1 aliphatic rings. The first-order valence-corrected chi connectivity index (χ1v) is 5.65. The molecular weight excluding hydrogens is 241 g/mol. The van der Waals surface area contributed by atoms with Gasteiger partial charge in [-0.15, -0.1) is 0 Å². The summed E-state index contributed by atoms with van der Waals surface area (Å²) < 4.78 is 18.3. The van der Waals surface area contributed by atoms with Gasteiger partial charge in [0.05, 0.1) is 0 Å². The average Bonchev–Trinajstić information content (AvgIpc) is 3.11. The van der Waals surface area contributed by atoms with Gasteiger partial charge in [-0.2, -0.15) is 0 Å². The van der Waals surface area contributed by atoms with Crippen molar-refractivity contribution in [2.75, 3.05) is 0 Å². The summed E-state index contributed by atoms with van der Waals surface area (Å²) in [4.78, 5) is 4.01. The van der Waals surface area contributed by atoms with Crippen molar-refractivity contribution in [1.82, 2.24) is 4.98 Å². The minimum atomic E-state index is -0.245. The Hall–Kier alpha value is -1.45. The van der Waals surface area contributed by atoms with Crippen LogP contribution in [-0.4, -0.2) is 4.98 Å². The molecule has 2 atom stereocenters. The third-order valence-corrected chi connectivity index (χ3v) is 3.10. The SMILES string of the molecule is Fc1ccc(C2OC2c2cccnc2Cl)cc1. The van der Waals surface area contributed by atoms with Gasteiger partial charge in [-0.05, 0) is 23.8 Å². The second-order valence-corrected chi connectivity index (χ2v) is 4.27. The quantitative estimate of drug-likeness (QED) is 0.599. The molecule has 2 nitrogen and oxygen atoms in total. The number of rotatable bonds is 2. The Kier molecular flexibility index (Phi) is 2.57. The summed E-state index contributed by atoms with van der Waals surface area (Å²) in [5.74, 6) is -0.245. The van der Waals surface area contributed by atoms with E-state index in [4.69, 9.17) is 16.3 Å². The Morgan fingerprint density at radius 1 is 1.12 bits per heavy atom. The highest BCUT2D eigenvalue weighted by Gasteiger charge is 2.42. The second kappa shape index (κ2) is 4.09. The van der Waals surface area contributed by atoms with Crippen LogP contribution in [0.25, 0.3) is 0 Å². The first-order valence-electron chi connectivity index (χ1n) is 5.27. The van der Waals surface area contributed by atoms with Gasteiger partial charge in [0.1, 0.15) is 23.2 Å². The minimum Gasteiger partial charge on any atom is -0.359 e. The molecule has 3 rings (SSSR count). The summed E-state index contributed by atoms with van der Waals surface area (Å²) in [6, 6.07) is 10.0. The van der Waals surface area contributed by atoms with E-state index in [0.29, 0.717) is 5.15 Å². The normalized spacial score (nSPS) is 22.5. The van der Waals surface area contributed by atoms with Gasteiger partial charge in [-0.25, -0.2) is 9.37 Å². The Bertz CT molecular complexity index is 543. The fraction of sp³-hybridized carbons (Fsp3) is 0.154. The minimum absolute atomic E-state index is 0.0442. The number of hydrogen-bond donors (Lipinski definition) is 0. The molecule has 1 saturated heterocycles. The van der Waals surface area contributed by atoms with Crippen LogP contribution >= 0.6 is 11.6 Å². The second-order valence-electron chi connectivity index (χ2n) is 3.91. The maximum atomic E-state index is 12.8. The number of halogens is 2. The first kappa shape index (κ1) is 10.7. The molecule has 1 aromatic heterocycles. The maximum Gasteiger partial charge on any atom is 0.134 e. The molecule has 2 unspecified atom stereocenters. The number of epoxide rings is 1. The van der Waals surface area contributed by atoms with Crippen LogP contribution in [0, 0.1) is 5.82 Å². The predicted molar refractivity (Wildman–Crippen MR) is 62.2 cm³/mol. The van der Waals surface area contributed by atoms with Crippen molar-refractivity contribution < 1.29 is 9.13 Å². The highest BCUT2D eigenvalue weighted by molar-refractivity contribution is 6.30.